The van der Waals surface area contributed by atoms with Crippen LogP contribution in [0.25, 0.3) is 0 Å². The van der Waals surface area contributed by atoms with Gasteiger partial charge in [-0.1, -0.05) is 29.8 Å². The summed E-state index contributed by atoms with van der Waals surface area (Å²) in [6.07, 6.45) is 0. The van der Waals surface area contributed by atoms with Crippen molar-refractivity contribution in [3.05, 3.63) is 76.7 Å². The quantitative estimate of drug-likeness (QED) is 0.525. The van der Waals surface area contributed by atoms with Gasteiger partial charge in [0, 0.05) is 32.7 Å². The van der Waals surface area contributed by atoms with Gasteiger partial charge in [0.2, 0.25) is 6.79 Å². The molecule has 1 atom stereocenters. The first-order valence-electron chi connectivity index (χ1n) is 10.7. The van der Waals surface area contributed by atoms with Crippen LogP contribution in [0.5, 0.6) is 11.5 Å². The minimum Gasteiger partial charge on any atom is -0.455 e. The highest BCUT2D eigenvalue weighted by molar-refractivity contribution is 7.84. The molecule has 1 fully saturated rings. The first kappa shape index (κ1) is 22.0. The number of benzene rings is 2. The zero-order valence-electron chi connectivity index (χ0n) is 17.9. The minimum atomic E-state index is -1.35. The van der Waals surface area contributed by atoms with Gasteiger partial charge in [-0.15, -0.1) is 0 Å². The molecule has 1 aromatic heterocycles. The van der Waals surface area contributed by atoms with Crippen LogP contribution >= 0.6 is 11.6 Å². The van der Waals surface area contributed by atoms with Crippen molar-refractivity contribution in [1.82, 2.24) is 9.80 Å². The Morgan fingerprint density at radius 3 is 2.58 bits per heavy atom. The second-order valence-electron chi connectivity index (χ2n) is 7.94. The smallest absolute Gasteiger partial charge is 0.289 e. The number of rotatable bonds is 6. The molecule has 0 saturated carbocycles. The van der Waals surface area contributed by atoms with Gasteiger partial charge in [0.1, 0.15) is 5.76 Å². The van der Waals surface area contributed by atoms with Crippen molar-refractivity contribution in [1.29, 1.82) is 0 Å². The van der Waals surface area contributed by atoms with Gasteiger partial charge in [-0.2, -0.15) is 0 Å². The van der Waals surface area contributed by atoms with E-state index in [2.05, 4.69) is 4.90 Å². The molecule has 33 heavy (non-hydrogen) atoms. The van der Waals surface area contributed by atoms with E-state index in [1.54, 1.807) is 41.3 Å². The molecule has 2 aliphatic rings. The summed E-state index contributed by atoms with van der Waals surface area (Å²) in [5.74, 6) is 2.35. The molecule has 0 aliphatic carbocycles. The van der Waals surface area contributed by atoms with Crippen molar-refractivity contribution in [2.24, 2.45) is 0 Å². The average molecular weight is 487 g/mol. The van der Waals surface area contributed by atoms with Crippen molar-refractivity contribution in [3.63, 3.8) is 0 Å². The van der Waals surface area contributed by atoms with E-state index in [1.165, 1.54) is 0 Å². The largest absolute Gasteiger partial charge is 0.455 e. The Kier molecular flexibility index (Phi) is 6.39. The Balaban J connectivity index is 1.15. The lowest BCUT2D eigenvalue weighted by atomic mass is 10.1. The zero-order valence-corrected chi connectivity index (χ0v) is 19.4. The lowest BCUT2D eigenvalue weighted by Gasteiger charge is -2.34. The average Bonchev–Trinajstić information content (AvgIpc) is 3.48. The fourth-order valence-electron chi connectivity index (χ4n) is 3.97. The molecular formula is C24H23ClN2O5S. The Bertz CT molecular complexity index is 1190. The number of carbonyl (C=O) groups excluding carboxylic acids is 1. The molecule has 0 radical (unpaired) electrons. The first-order chi connectivity index (χ1) is 16.1. The number of furan rings is 1. The minimum absolute atomic E-state index is 0.146. The number of amides is 1. The molecule has 0 spiro atoms. The summed E-state index contributed by atoms with van der Waals surface area (Å²) in [7, 11) is -1.35. The van der Waals surface area contributed by atoms with Crippen molar-refractivity contribution in [2.45, 2.75) is 17.2 Å². The third-order valence-electron chi connectivity index (χ3n) is 5.73. The standard InChI is InChI=1S/C24H23ClN2O5S/c25-19-3-1-2-4-23(19)33(29)15-18-6-8-21(32-18)24(28)27-11-9-26(10-12-27)14-17-5-7-20-22(13-17)31-16-30-20/h1-8,13H,9-12,14-16H2. The zero-order chi connectivity index (χ0) is 22.8. The van der Waals surface area contributed by atoms with E-state index >= 15 is 0 Å². The van der Waals surface area contributed by atoms with Crippen molar-refractivity contribution < 1.29 is 22.9 Å². The Morgan fingerprint density at radius 2 is 1.76 bits per heavy atom. The molecular weight excluding hydrogens is 464 g/mol. The summed E-state index contributed by atoms with van der Waals surface area (Å²) in [4.78, 5) is 17.6. The highest BCUT2D eigenvalue weighted by Gasteiger charge is 2.25. The number of nitrogens with zero attached hydrogens (tertiary/aromatic N) is 2. The molecule has 0 bridgehead atoms. The number of piperazine rings is 1. The van der Waals surface area contributed by atoms with Crippen LogP contribution in [0.4, 0.5) is 0 Å². The topological polar surface area (TPSA) is 72.2 Å². The number of ether oxygens (including phenoxy) is 2. The monoisotopic (exact) mass is 486 g/mol. The van der Waals surface area contributed by atoms with E-state index in [1.807, 2.05) is 18.2 Å². The normalized spacial score (nSPS) is 16.7. The van der Waals surface area contributed by atoms with Crippen LogP contribution in [-0.4, -0.2) is 52.9 Å². The molecule has 1 saturated heterocycles. The molecule has 7 nitrogen and oxygen atoms in total. The van der Waals surface area contributed by atoms with E-state index in [-0.39, 0.29) is 24.2 Å². The second-order valence-corrected chi connectivity index (χ2v) is 9.77. The summed E-state index contributed by atoms with van der Waals surface area (Å²) in [5, 5.41) is 0.456. The van der Waals surface area contributed by atoms with E-state index in [0.29, 0.717) is 28.8 Å². The molecule has 1 amide bonds. The van der Waals surface area contributed by atoms with Crippen LogP contribution in [0.1, 0.15) is 21.9 Å². The van der Waals surface area contributed by atoms with Crippen molar-refractivity contribution in [3.8, 4) is 11.5 Å². The highest BCUT2D eigenvalue weighted by atomic mass is 35.5. The summed E-state index contributed by atoms with van der Waals surface area (Å²) in [5.41, 5.74) is 1.15. The summed E-state index contributed by atoms with van der Waals surface area (Å²) < 4.78 is 29.2. The van der Waals surface area contributed by atoms with Gasteiger partial charge in [0.25, 0.3) is 5.91 Å². The predicted molar refractivity (Wildman–Crippen MR) is 124 cm³/mol. The third-order valence-corrected chi connectivity index (χ3v) is 7.57. The van der Waals surface area contributed by atoms with Gasteiger partial charge < -0.3 is 18.8 Å². The molecule has 9 heteroatoms. The SMILES string of the molecule is O=C(c1ccc(CS(=O)c2ccccc2Cl)o1)N1CCN(Cc2ccc3c(c2)OCO3)CC1. The number of hydrogen-bond donors (Lipinski definition) is 0. The van der Waals surface area contributed by atoms with Crippen LogP contribution in [-0.2, 0) is 23.1 Å². The van der Waals surface area contributed by atoms with Gasteiger partial charge in [-0.3, -0.25) is 13.9 Å². The molecule has 5 rings (SSSR count). The lowest BCUT2D eigenvalue weighted by Crippen LogP contribution is -2.48. The van der Waals surface area contributed by atoms with Crippen LogP contribution < -0.4 is 9.47 Å². The second kappa shape index (κ2) is 9.59. The molecule has 3 heterocycles. The van der Waals surface area contributed by atoms with Crippen molar-refractivity contribution in [2.75, 3.05) is 33.0 Å². The van der Waals surface area contributed by atoms with E-state index < -0.39 is 10.8 Å². The van der Waals surface area contributed by atoms with E-state index in [4.69, 9.17) is 25.5 Å². The molecule has 0 N–H and O–H groups in total. The van der Waals surface area contributed by atoms with E-state index in [9.17, 15) is 9.00 Å². The molecule has 2 aromatic carbocycles. The van der Waals surface area contributed by atoms with Crippen LogP contribution in [0.2, 0.25) is 5.02 Å². The van der Waals surface area contributed by atoms with Crippen LogP contribution in [0.3, 0.4) is 0 Å². The Morgan fingerprint density at radius 1 is 0.970 bits per heavy atom. The molecule has 2 aliphatic heterocycles. The number of fused-ring (bicyclic) bond motifs is 1. The fraction of sp³-hybridized carbons (Fsp3) is 0.292. The summed E-state index contributed by atoms with van der Waals surface area (Å²) in [6, 6.07) is 16.4. The fourth-order valence-corrected chi connectivity index (χ4v) is 5.45. The lowest BCUT2D eigenvalue weighted by molar-refractivity contribution is 0.0596. The molecule has 3 aromatic rings. The third kappa shape index (κ3) is 4.93. The van der Waals surface area contributed by atoms with Crippen LogP contribution in [0.15, 0.2) is 63.9 Å². The summed E-state index contributed by atoms with van der Waals surface area (Å²) in [6.45, 7) is 3.83. The molecule has 172 valence electrons. The van der Waals surface area contributed by atoms with Gasteiger partial charge in [0.15, 0.2) is 17.3 Å². The van der Waals surface area contributed by atoms with Crippen molar-refractivity contribution >= 4 is 28.3 Å². The maximum Gasteiger partial charge on any atom is 0.289 e. The highest BCUT2D eigenvalue weighted by Crippen LogP contribution is 2.33. The maximum atomic E-state index is 12.9. The predicted octanol–water partition coefficient (Wildman–Crippen LogP) is 3.93. The van der Waals surface area contributed by atoms with Gasteiger partial charge in [-0.05, 0) is 42.0 Å². The maximum absolute atomic E-state index is 12.9. The Hall–Kier alpha value is -2.81. The summed E-state index contributed by atoms with van der Waals surface area (Å²) >= 11 is 6.13. The van der Waals surface area contributed by atoms with Crippen LogP contribution in [0, 0.1) is 0 Å². The van der Waals surface area contributed by atoms with Gasteiger partial charge >= 0.3 is 0 Å². The molecule has 1 unspecified atom stereocenters. The Labute approximate surface area is 199 Å². The number of halogens is 1. The number of carbonyl (C=O) groups is 1. The van der Waals surface area contributed by atoms with Gasteiger partial charge in [0.05, 0.1) is 26.5 Å². The van der Waals surface area contributed by atoms with E-state index in [0.717, 1.165) is 36.7 Å². The first-order valence-corrected chi connectivity index (χ1v) is 12.4. The number of hydrogen-bond acceptors (Lipinski definition) is 6. The van der Waals surface area contributed by atoms with Gasteiger partial charge in [-0.25, -0.2) is 0 Å².